The average Bonchev–Trinajstić information content (AvgIpc) is 2.34. The quantitative estimate of drug-likeness (QED) is 0.645. The summed E-state index contributed by atoms with van der Waals surface area (Å²) < 4.78 is 2.73. The van der Waals surface area contributed by atoms with Crippen LogP contribution in [0.2, 0.25) is 0 Å². The summed E-state index contributed by atoms with van der Waals surface area (Å²) in [5.41, 5.74) is 1.37. The van der Waals surface area contributed by atoms with Crippen molar-refractivity contribution >= 4 is 15.9 Å². The van der Waals surface area contributed by atoms with Gasteiger partial charge >= 0.3 is 0 Å². The lowest BCUT2D eigenvalue weighted by atomic mass is 10.2. The van der Waals surface area contributed by atoms with Crippen LogP contribution in [0.15, 0.2) is 58.2 Å². The molecule has 1 aromatic heterocycles. The molecule has 0 unspecified atom stereocenters. The largest absolute Gasteiger partial charge is 0.324 e. The van der Waals surface area contributed by atoms with E-state index >= 15 is 0 Å². The highest BCUT2D eigenvalue weighted by atomic mass is 79.9. The van der Waals surface area contributed by atoms with Gasteiger partial charge in [-0.2, -0.15) is 0 Å². The first-order valence-electron chi connectivity index (χ1n) is 5.24. The topological polar surface area (TPSA) is 60.4 Å². The Bertz CT molecular complexity index is 620. The Balaban J connectivity index is 2.35. The first kappa shape index (κ1) is 12.5. The number of nitro groups is 1. The van der Waals surface area contributed by atoms with E-state index in [-0.39, 0.29) is 0 Å². The molecule has 0 aliphatic carbocycles. The average molecular weight is 308 g/mol. The Kier molecular flexibility index (Phi) is 3.88. The van der Waals surface area contributed by atoms with Gasteiger partial charge in [-0.3, -0.25) is 0 Å². The maximum absolute atomic E-state index is 10.4. The van der Waals surface area contributed by atoms with Gasteiger partial charge in [0.25, 0.3) is 0 Å². The minimum Gasteiger partial charge on any atom is -0.324 e. The molecule has 0 spiro atoms. The van der Waals surface area contributed by atoms with E-state index in [9.17, 15) is 10.1 Å². The van der Waals surface area contributed by atoms with Gasteiger partial charge in [-0.05, 0) is 29.8 Å². The molecular weight excluding hydrogens is 298 g/mol. The third-order valence-electron chi connectivity index (χ3n) is 2.37. The van der Waals surface area contributed by atoms with Gasteiger partial charge in [0.15, 0.2) is 5.03 Å². The number of benzene rings is 1. The van der Waals surface area contributed by atoms with Gasteiger partial charge < -0.3 is 4.57 Å². The molecule has 2 aromatic rings. The van der Waals surface area contributed by atoms with Crippen molar-refractivity contribution in [2.75, 3.05) is 0 Å². The Labute approximate surface area is 112 Å². The molecule has 0 bridgehead atoms. The van der Waals surface area contributed by atoms with Gasteiger partial charge in [-0.1, -0.05) is 34.1 Å². The molecule has 2 rings (SSSR count). The van der Waals surface area contributed by atoms with Crippen LogP contribution < -0.4 is 5.49 Å². The maximum Gasteiger partial charge on any atom is 0.207 e. The van der Waals surface area contributed by atoms with Crippen LogP contribution in [-0.4, -0.2) is 9.60 Å². The van der Waals surface area contributed by atoms with Crippen molar-refractivity contribution in [2.45, 2.75) is 6.54 Å². The second-order valence-electron chi connectivity index (χ2n) is 3.65. The van der Waals surface area contributed by atoms with E-state index in [2.05, 4.69) is 21.0 Å². The van der Waals surface area contributed by atoms with Crippen molar-refractivity contribution in [3.05, 3.63) is 74.3 Å². The molecule has 0 atom stereocenters. The summed E-state index contributed by atoms with van der Waals surface area (Å²) in [7, 11) is 0. The molecule has 0 amide bonds. The van der Waals surface area contributed by atoms with Crippen molar-refractivity contribution in [3.63, 3.8) is 0 Å². The molecule has 0 N–H and O–H groups in total. The fourth-order valence-electron chi connectivity index (χ4n) is 1.56. The Morgan fingerprint density at radius 2 is 1.94 bits per heavy atom. The number of pyridine rings is 1. The van der Waals surface area contributed by atoms with Crippen LogP contribution in [0.4, 0.5) is 0 Å². The normalized spacial score (nSPS) is 11.5. The summed E-state index contributed by atoms with van der Waals surface area (Å²) in [6, 6.07) is 12.9. The van der Waals surface area contributed by atoms with Crippen molar-refractivity contribution < 1.29 is 5.03 Å². The van der Waals surface area contributed by atoms with E-state index < -0.39 is 5.03 Å². The van der Waals surface area contributed by atoms with Crippen LogP contribution in [0.25, 0.3) is 0 Å². The Hall–Kier alpha value is -1.95. The number of nitrogens with zero attached hydrogens (tertiary/aromatic N) is 3. The van der Waals surface area contributed by atoms with Gasteiger partial charge in [0.2, 0.25) is 5.49 Å². The Morgan fingerprint density at radius 3 is 2.61 bits per heavy atom. The molecular formula is C12H10BrN3O2. The van der Waals surface area contributed by atoms with Crippen LogP contribution in [-0.2, 0) is 6.54 Å². The van der Waals surface area contributed by atoms with Gasteiger partial charge in [0.1, 0.15) is 0 Å². The zero-order chi connectivity index (χ0) is 13.0. The van der Waals surface area contributed by atoms with Crippen LogP contribution in [0.3, 0.4) is 0 Å². The van der Waals surface area contributed by atoms with Crippen molar-refractivity contribution in [1.82, 2.24) is 4.57 Å². The third-order valence-corrected chi connectivity index (χ3v) is 2.90. The third kappa shape index (κ3) is 3.27. The first-order chi connectivity index (χ1) is 8.65. The highest BCUT2D eigenvalue weighted by Gasteiger charge is 1.99. The molecule has 0 saturated heterocycles. The molecule has 0 fully saturated rings. The number of halogens is 1. The van der Waals surface area contributed by atoms with Crippen LogP contribution >= 0.6 is 15.9 Å². The van der Waals surface area contributed by atoms with Crippen molar-refractivity contribution in [1.29, 1.82) is 0 Å². The predicted molar refractivity (Wildman–Crippen MR) is 70.2 cm³/mol. The lowest BCUT2D eigenvalue weighted by Crippen LogP contribution is -2.21. The fourth-order valence-corrected chi connectivity index (χ4v) is 1.83. The van der Waals surface area contributed by atoms with E-state index in [1.165, 1.54) is 0 Å². The van der Waals surface area contributed by atoms with E-state index in [1.54, 1.807) is 22.9 Å². The van der Waals surface area contributed by atoms with Gasteiger partial charge in [0.05, 0.1) is 5.10 Å². The number of rotatable bonds is 3. The molecule has 92 valence electrons. The van der Waals surface area contributed by atoms with E-state index in [1.807, 2.05) is 30.3 Å². The molecule has 0 aliphatic rings. The van der Waals surface area contributed by atoms with Gasteiger partial charge in [0, 0.05) is 17.2 Å². The van der Waals surface area contributed by atoms with E-state index in [4.69, 9.17) is 0 Å². The van der Waals surface area contributed by atoms with Crippen molar-refractivity contribution in [2.24, 2.45) is 5.10 Å². The highest BCUT2D eigenvalue weighted by molar-refractivity contribution is 9.10. The second-order valence-corrected chi connectivity index (χ2v) is 4.57. The Morgan fingerprint density at radius 1 is 1.22 bits per heavy atom. The summed E-state index contributed by atoms with van der Waals surface area (Å²) >= 11 is 3.36. The van der Waals surface area contributed by atoms with Crippen LogP contribution in [0.1, 0.15) is 5.56 Å². The minimum atomic E-state index is -0.687. The molecule has 0 radical (unpaired) electrons. The summed E-state index contributed by atoms with van der Waals surface area (Å²) in [5, 5.41) is 13.1. The summed E-state index contributed by atoms with van der Waals surface area (Å²) in [6.45, 7) is 0.542. The molecule has 6 heteroatoms. The highest BCUT2D eigenvalue weighted by Crippen LogP contribution is 2.10. The molecule has 5 nitrogen and oxygen atoms in total. The molecule has 1 aromatic carbocycles. The number of hydrogen-bond donors (Lipinski definition) is 0. The second kappa shape index (κ2) is 5.59. The first-order valence-corrected chi connectivity index (χ1v) is 6.03. The number of hydrogen-bond acceptors (Lipinski definition) is 2. The van der Waals surface area contributed by atoms with Crippen LogP contribution in [0, 0.1) is 10.1 Å². The lowest BCUT2D eigenvalue weighted by molar-refractivity contribution is -0.490. The summed E-state index contributed by atoms with van der Waals surface area (Å²) in [5.74, 6) is 0. The molecule has 0 aliphatic heterocycles. The van der Waals surface area contributed by atoms with Crippen molar-refractivity contribution in [3.8, 4) is 0 Å². The maximum atomic E-state index is 10.4. The predicted octanol–water partition coefficient (Wildman–Crippen LogP) is 2.39. The zero-order valence-corrected chi connectivity index (χ0v) is 10.9. The fraction of sp³-hybridized carbons (Fsp3) is 0.0833. The lowest BCUT2D eigenvalue weighted by Gasteiger charge is -2.05. The van der Waals surface area contributed by atoms with E-state index in [0.29, 0.717) is 12.0 Å². The summed E-state index contributed by atoms with van der Waals surface area (Å²) in [6.07, 6.45) is 1.77. The number of aromatic nitrogens is 1. The standard InChI is InChI=1S/C12H10BrN3O2/c13-11-6-4-10(5-7-11)9-15-8-2-1-3-12(15)14-16(17)18/h1-8H,9H2/b14-12+. The molecule has 18 heavy (non-hydrogen) atoms. The van der Waals surface area contributed by atoms with Crippen LogP contribution in [0.5, 0.6) is 0 Å². The minimum absolute atomic E-state index is 0.324. The van der Waals surface area contributed by atoms with E-state index in [0.717, 1.165) is 10.0 Å². The zero-order valence-electron chi connectivity index (χ0n) is 9.36. The smallest absolute Gasteiger partial charge is 0.207 e. The van der Waals surface area contributed by atoms with Gasteiger partial charge in [-0.15, -0.1) is 0 Å². The van der Waals surface area contributed by atoms with Gasteiger partial charge in [-0.25, -0.2) is 10.1 Å². The summed E-state index contributed by atoms with van der Waals surface area (Å²) in [4.78, 5) is 10.4. The SMILES string of the molecule is O=[N+]([O-])/N=c1\ccccn1Cc1ccc(Br)cc1. The molecule has 1 heterocycles. The molecule has 0 saturated carbocycles. The monoisotopic (exact) mass is 307 g/mol.